The van der Waals surface area contributed by atoms with Crippen LogP contribution < -0.4 is 5.56 Å². The normalized spacial score (nSPS) is 11.5. The van der Waals surface area contributed by atoms with Crippen molar-refractivity contribution in [2.24, 2.45) is 0 Å². The highest BCUT2D eigenvalue weighted by molar-refractivity contribution is 7.18. The predicted octanol–water partition coefficient (Wildman–Crippen LogP) is 7.37. The van der Waals surface area contributed by atoms with Gasteiger partial charge in [0.1, 0.15) is 23.3 Å². The molecule has 0 bridgehead atoms. The zero-order valence-corrected chi connectivity index (χ0v) is 22.2. The third-order valence-electron chi connectivity index (χ3n) is 6.25. The average Bonchev–Trinajstić information content (AvgIpc) is 3.39. The summed E-state index contributed by atoms with van der Waals surface area (Å²) in [6.45, 7) is 3.32. The molecule has 0 atom stereocenters. The molecule has 0 saturated heterocycles. The maximum absolute atomic E-state index is 14.5. The van der Waals surface area contributed by atoms with Crippen molar-refractivity contribution < 1.29 is 31.5 Å². The number of carbonyl (C=O) groups is 1. The van der Waals surface area contributed by atoms with E-state index in [0.29, 0.717) is 28.1 Å². The molecule has 0 N–H and O–H groups in total. The van der Waals surface area contributed by atoms with E-state index in [0.717, 1.165) is 33.6 Å². The van der Waals surface area contributed by atoms with Crippen molar-refractivity contribution in [3.05, 3.63) is 104 Å². The van der Waals surface area contributed by atoms with Gasteiger partial charge in [-0.05, 0) is 53.4 Å². The van der Waals surface area contributed by atoms with Crippen LogP contribution in [0.15, 0.2) is 59.4 Å². The Morgan fingerprint density at radius 3 is 2.35 bits per heavy atom. The van der Waals surface area contributed by atoms with Crippen molar-refractivity contribution >= 4 is 17.3 Å². The lowest BCUT2D eigenvalue weighted by atomic mass is 9.97. The van der Waals surface area contributed by atoms with Crippen LogP contribution in [0.2, 0.25) is 0 Å². The van der Waals surface area contributed by atoms with Crippen LogP contribution >= 0.6 is 11.3 Å². The van der Waals surface area contributed by atoms with E-state index in [9.17, 15) is 36.8 Å². The predicted molar refractivity (Wildman–Crippen MR) is 140 cm³/mol. The number of pyridine rings is 1. The van der Waals surface area contributed by atoms with Gasteiger partial charge in [-0.15, -0.1) is 11.3 Å². The molecule has 0 radical (unpaired) electrons. The highest BCUT2D eigenvalue weighted by Crippen LogP contribution is 2.39. The van der Waals surface area contributed by atoms with Crippen molar-refractivity contribution in [1.82, 2.24) is 4.57 Å². The lowest BCUT2D eigenvalue weighted by Gasteiger charge is -2.17. The summed E-state index contributed by atoms with van der Waals surface area (Å²) in [4.78, 5) is 26.2. The molecule has 0 saturated carbocycles. The molecule has 2 aromatic carbocycles. The first kappa shape index (κ1) is 28.7. The number of thiophene rings is 1. The highest BCUT2D eigenvalue weighted by atomic mass is 32.1. The van der Waals surface area contributed by atoms with Crippen molar-refractivity contribution in [1.29, 1.82) is 5.26 Å². The second-order valence-electron chi connectivity index (χ2n) is 9.21. The van der Waals surface area contributed by atoms with Gasteiger partial charge in [0.15, 0.2) is 0 Å². The second kappa shape index (κ2) is 11.1. The topological polar surface area (TPSA) is 72.1 Å². The number of esters is 1. The van der Waals surface area contributed by atoms with Crippen LogP contribution in [-0.4, -0.2) is 17.6 Å². The van der Waals surface area contributed by atoms with Gasteiger partial charge in [-0.3, -0.25) is 4.79 Å². The number of carbonyl (C=O) groups excluding carboxylic acids is 1. The van der Waals surface area contributed by atoms with Gasteiger partial charge in [-0.2, -0.15) is 18.4 Å². The van der Waals surface area contributed by atoms with E-state index in [2.05, 4.69) is 0 Å². The van der Waals surface area contributed by atoms with Gasteiger partial charge in [0.2, 0.25) is 0 Å². The summed E-state index contributed by atoms with van der Waals surface area (Å²) in [5.41, 5.74) is -2.46. The molecular formula is C29H21F5N2O3S. The molecule has 5 nitrogen and oxygen atoms in total. The monoisotopic (exact) mass is 572 g/mol. The third kappa shape index (κ3) is 5.67. The molecule has 4 aromatic rings. The van der Waals surface area contributed by atoms with Crippen LogP contribution in [-0.2, 0) is 17.5 Å². The molecular weight excluding hydrogens is 551 g/mol. The molecule has 2 heterocycles. The van der Waals surface area contributed by atoms with Crippen LogP contribution in [0.1, 0.15) is 52.4 Å². The van der Waals surface area contributed by atoms with Crippen LogP contribution in [0.4, 0.5) is 22.0 Å². The smallest absolute Gasteiger partial charge is 0.417 e. The number of hydrogen-bond donors (Lipinski definition) is 0. The van der Waals surface area contributed by atoms with Gasteiger partial charge in [-0.1, -0.05) is 26.0 Å². The molecule has 0 amide bonds. The van der Waals surface area contributed by atoms with E-state index in [1.807, 2.05) is 19.9 Å². The number of rotatable bonds is 6. The van der Waals surface area contributed by atoms with Gasteiger partial charge >= 0.3 is 12.1 Å². The summed E-state index contributed by atoms with van der Waals surface area (Å²) in [7, 11) is 1.25. The van der Waals surface area contributed by atoms with Crippen LogP contribution in [0.25, 0.3) is 21.0 Å². The molecule has 206 valence electrons. The number of hydrogen-bond acceptors (Lipinski definition) is 5. The van der Waals surface area contributed by atoms with E-state index >= 15 is 0 Å². The number of methoxy groups -OCH3 is 1. The van der Waals surface area contributed by atoms with Crippen LogP contribution in [0.5, 0.6) is 0 Å². The number of nitriles is 1. The SMILES string of the molecule is COC(=O)c1cc(-c2ccc(-c3cc(C(F)(F)F)c(C#N)c(=O)n3Cc3ccc(F)cc3F)s2)cc(C(C)C)c1. The molecule has 0 unspecified atom stereocenters. The molecule has 4 rings (SSSR count). The lowest BCUT2D eigenvalue weighted by Crippen LogP contribution is -2.28. The summed E-state index contributed by atoms with van der Waals surface area (Å²) in [6, 6.07) is 12.9. The Kier molecular flexibility index (Phi) is 7.93. The quantitative estimate of drug-likeness (QED) is 0.179. The van der Waals surface area contributed by atoms with E-state index in [-0.39, 0.29) is 22.1 Å². The second-order valence-corrected chi connectivity index (χ2v) is 10.3. The number of nitrogens with zero attached hydrogens (tertiary/aromatic N) is 2. The number of alkyl halides is 3. The Balaban J connectivity index is 1.93. The number of benzene rings is 2. The molecule has 0 fully saturated rings. The van der Waals surface area contributed by atoms with E-state index in [4.69, 9.17) is 4.74 Å². The maximum Gasteiger partial charge on any atom is 0.417 e. The van der Waals surface area contributed by atoms with Gasteiger partial charge in [0.25, 0.3) is 5.56 Å². The molecule has 11 heteroatoms. The average molecular weight is 573 g/mol. The van der Waals surface area contributed by atoms with Crippen LogP contribution in [0.3, 0.4) is 0 Å². The zero-order chi connectivity index (χ0) is 29.4. The fourth-order valence-electron chi connectivity index (χ4n) is 4.15. The molecule has 0 aliphatic carbocycles. The molecule has 40 heavy (non-hydrogen) atoms. The molecule has 2 aromatic heterocycles. The Morgan fingerprint density at radius 2 is 1.75 bits per heavy atom. The first-order valence-corrected chi connectivity index (χ1v) is 12.7. The van der Waals surface area contributed by atoms with Gasteiger partial charge in [0.05, 0.1) is 35.4 Å². The summed E-state index contributed by atoms with van der Waals surface area (Å²) in [6.07, 6.45) is -5.01. The third-order valence-corrected chi connectivity index (χ3v) is 7.40. The molecule has 0 aliphatic heterocycles. The van der Waals surface area contributed by atoms with Crippen molar-refractivity contribution in [3.8, 4) is 27.1 Å². The Labute approximate surface area is 229 Å². The number of ether oxygens (including phenoxy) is 1. The largest absolute Gasteiger partial charge is 0.465 e. The molecule has 0 aliphatic rings. The summed E-state index contributed by atoms with van der Waals surface area (Å²) in [5.74, 6) is -2.37. The fourth-order valence-corrected chi connectivity index (χ4v) is 5.17. The zero-order valence-electron chi connectivity index (χ0n) is 21.4. The van der Waals surface area contributed by atoms with Crippen LogP contribution in [0, 0.1) is 23.0 Å². The van der Waals surface area contributed by atoms with Crippen molar-refractivity contribution in [2.75, 3.05) is 7.11 Å². The summed E-state index contributed by atoms with van der Waals surface area (Å²) >= 11 is 1.04. The standard InChI is InChI=1S/C29H21F5N2O3S/c1-15(2)17-8-18(10-19(9-17)28(38)39-3)25-6-7-26(40-25)24-12-22(29(32,33)34)21(13-35)27(37)36(24)14-16-4-5-20(30)11-23(16)31/h4-12,15H,14H2,1-3H3. The van der Waals surface area contributed by atoms with E-state index in [1.54, 1.807) is 18.2 Å². The minimum atomic E-state index is -5.01. The summed E-state index contributed by atoms with van der Waals surface area (Å²) < 4.78 is 75.3. The number of aromatic nitrogens is 1. The number of halogens is 5. The Morgan fingerprint density at radius 1 is 1.05 bits per heavy atom. The maximum atomic E-state index is 14.5. The molecule has 0 spiro atoms. The first-order chi connectivity index (χ1) is 18.8. The van der Waals surface area contributed by atoms with Gasteiger partial charge in [-0.25, -0.2) is 13.6 Å². The van der Waals surface area contributed by atoms with Crippen molar-refractivity contribution in [3.63, 3.8) is 0 Å². The Hall–Kier alpha value is -4.30. The van der Waals surface area contributed by atoms with E-state index < -0.39 is 47.0 Å². The minimum Gasteiger partial charge on any atom is -0.465 e. The van der Waals surface area contributed by atoms with Gasteiger partial charge < -0.3 is 9.30 Å². The fraction of sp³-hybridized carbons (Fsp3) is 0.207. The lowest BCUT2D eigenvalue weighted by molar-refractivity contribution is -0.137. The van der Waals surface area contributed by atoms with E-state index in [1.165, 1.54) is 19.2 Å². The van der Waals surface area contributed by atoms with Gasteiger partial charge in [0, 0.05) is 16.5 Å². The highest BCUT2D eigenvalue weighted by Gasteiger charge is 2.37. The minimum absolute atomic E-state index is 0.0476. The van der Waals surface area contributed by atoms with Crippen molar-refractivity contribution in [2.45, 2.75) is 32.5 Å². The first-order valence-electron chi connectivity index (χ1n) is 11.9. The Bertz CT molecular complexity index is 1710. The summed E-state index contributed by atoms with van der Waals surface area (Å²) in [5, 5.41) is 9.40.